The summed E-state index contributed by atoms with van der Waals surface area (Å²) in [5.41, 5.74) is 2.19. The fraction of sp³-hybridized carbons (Fsp3) is 0.524. The summed E-state index contributed by atoms with van der Waals surface area (Å²) < 4.78 is 1.63. The van der Waals surface area contributed by atoms with Crippen molar-refractivity contribution >= 4 is 5.69 Å². The molecule has 3 rings (SSSR count). The van der Waals surface area contributed by atoms with Crippen LogP contribution in [0.3, 0.4) is 0 Å². The van der Waals surface area contributed by atoms with Gasteiger partial charge in [0.05, 0.1) is 11.9 Å². The van der Waals surface area contributed by atoms with Crippen molar-refractivity contribution in [3.05, 3.63) is 58.5 Å². The monoisotopic (exact) mass is 354 g/mol. The Morgan fingerprint density at radius 2 is 2.04 bits per heavy atom. The Bertz CT molecular complexity index is 756. The van der Waals surface area contributed by atoms with Crippen LogP contribution in [-0.2, 0) is 13.0 Å². The van der Waals surface area contributed by atoms with Gasteiger partial charge in [-0.2, -0.15) is 5.10 Å². The number of rotatable bonds is 7. The SMILES string of the molecule is CC(C)N1CC[C@@H](Cn2ncc(N(C)CCc3ccccc3)cc2=O)C1. The first kappa shape index (κ1) is 18.6. The van der Waals surface area contributed by atoms with Gasteiger partial charge in [-0.25, -0.2) is 4.68 Å². The van der Waals surface area contributed by atoms with Gasteiger partial charge in [0.1, 0.15) is 0 Å². The highest BCUT2D eigenvalue weighted by Crippen LogP contribution is 2.19. The van der Waals surface area contributed by atoms with Crippen LogP contribution in [0, 0.1) is 5.92 Å². The largest absolute Gasteiger partial charge is 0.373 e. The standard InChI is InChI=1S/C21H30N4O/c1-17(2)24-12-10-19(15-24)16-25-21(26)13-20(14-22-25)23(3)11-9-18-7-5-4-6-8-18/h4-8,13-14,17,19H,9-12,15-16H2,1-3H3/t19-/m1/s1. The van der Waals surface area contributed by atoms with Gasteiger partial charge in [0.2, 0.25) is 0 Å². The van der Waals surface area contributed by atoms with Gasteiger partial charge in [0, 0.05) is 38.8 Å². The molecule has 0 saturated carbocycles. The van der Waals surface area contributed by atoms with E-state index in [1.54, 1.807) is 10.7 Å². The van der Waals surface area contributed by atoms with E-state index in [9.17, 15) is 4.79 Å². The maximum atomic E-state index is 12.5. The fourth-order valence-corrected chi connectivity index (χ4v) is 3.57. The third-order valence-corrected chi connectivity index (χ3v) is 5.35. The summed E-state index contributed by atoms with van der Waals surface area (Å²) >= 11 is 0. The summed E-state index contributed by atoms with van der Waals surface area (Å²) in [6.45, 7) is 8.22. The van der Waals surface area contributed by atoms with E-state index in [4.69, 9.17) is 0 Å². The Kier molecular flexibility index (Phi) is 6.09. The van der Waals surface area contributed by atoms with Gasteiger partial charge in [-0.3, -0.25) is 4.79 Å². The van der Waals surface area contributed by atoms with E-state index in [0.29, 0.717) is 12.0 Å². The van der Waals surface area contributed by atoms with Gasteiger partial charge >= 0.3 is 0 Å². The number of likely N-dealkylation sites (tertiary alicyclic amines) is 1. The van der Waals surface area contributed by atoms with Gasteiger partial charge in [-0.1, -0.05) is 30.3 Å². The highest BCUT2D eigenvalue weighted by molar-refractivity contribution is 5.42. The summed E-state index contributed by atoms with van der Waals surface area (Å²) in [4.78, 5) is 17.1. The van der Waals surface area contributed by atoms with Crippen molar-refractivity contribution in [2.24, 2.45) is 5.92 Å². The predicted molar refractivity (Wildman–Crippen MR) is 107 cm³/mol. The number of hydrogen-bond acceptors (Lipinski definition) is 4. The quantitative estimate of drug-likeness (QED) is 0.767. The molecule has 1 fully saturated rings. The van der Waals surface area contributed by atoms with Gasteiger partial charge < -0.3 is 9.80 Å². The molecule has 2 aromatic rings. The second kappa shape index (κ2) is 8.49. The Balaban J connectivity index is 1.58. The average molecular weight is 354 g/mol. The zero-order valence-electron chi connectivity index (χ0n) is 16.1. The number of hydrogen-bond donors (Lipinski definition) is 0. The van der Waals surface area contributed by atoms with Crippen molar-refractivity contribution in [1.29, 1.82) is 0 Å². The molecule has 1 aliphatic heterocycles. The van der Waals surface area contributed by atoms with Crippen LogP contribution in [-0.4, -0.2) is 47.4 Å². The molecule has 1 atom stereocenters. The molecule has 140 valence electrons. The normalized spacial score (nSPS) is 17.8. The molecule has 1 saturated heterocycles. The first-order valence-electron chi connectivity index (χ1n) is 9.59. The van der Waals surface area contributed by atoms with E-state index in [1.165, 1.54) is 5.56 Å². The number of anilines is 1. The Morgan fingerprint density at radius 3 is 2.69 bits per heavy atom. The fourth-order valence-electron chi connectivity index (χ4n) is 3.57. The molecule has 0 spiro atoms. The molecule has 0 N–H and O–H groups in total. The minimum absolute atomic E-state index is 0.00272. The summed E-state index contributed by atoms with van der Waals surface area (Å²) in [5, 5.41) is 4.43. The average Bonchev–Trinajstić information content (AvgIpc) is 3.11. The van der Waals surface area contributed by atoms with Crippen LogP contribution in [0.1, 0.15) is 25.8 Å². The zero-order chi connectivity index (χ0) is 18.5. The van der Waals surface area contributed by atoms with E-state index in [1.807, 2.05) is 19.3 Å². The molecular formula is C21H30N4O. The first-order valence-corrected chi connectivity index (χ1v) is 9.59. The van der Waals surface area contributed by atoms with E-state index in [0.717, 1.165) is 44.7 Å². The van der Waals surface area contributed by atoms with Gasteiger partial charge in [-0.05, 0) is 44.7 Å². The van der Waals surface area contributed by atoms with Crippen LogP contribution >= 0.6 is 0 Å². The number of aromatic nitrogens is 2. The van der Waals surface area contributed by atoms with Gasteiger partial charge in [-0.15, -0.1) is 0 Å². The van der Waals surface area contributed by atoms with Crippen LogP contribution in [0.15, 0.2) is 47.4 Å². The molecule has 0 bridgehead atoms. The zero-order valence-corrected chi connectivity index (χ0v) is 16.1. The lowest BCUT2D eigenvalue weighted by molar-refractivity contribution is 0.258. The maximum absolute atomic E-state index is 12.5. The Hall–Kier alpha value is -2.14. The van der Waals surface area contributed by atoms with E-state index in [-0.39, 0.29) is 5.56 Å². The molecule has 26 heavy (non-hydrogen) atoms. The second-order valence-corrected chi connectivity index (χ2v) is 7.63. The van der Waals surface area contributed by atoms with Crippen molar-refractivity contribution in [3.8, 4) is 0 Å². The summed E-state index contributed by atoms with van der Waals surface area (Å²) in [6, 6.07) is 12.7. The summed E-state index contributed by atoms with van der Waals surface area (Å²) in [5.74, 6) is 0.518. The summed E-state index contributed by atoms with van der Waals surface area (Å²) in [6.07, 6.45) is 3.92. The molecule has 2 heterocycles. The number of likely N-dealkylation sites (N-methyl/N-ethyl adjacent to an activating group) is 1. The lowest BCUT2D eigenvalue weighted by Crippen LogP contribution is -2.31. The van der Waals surface area contributed by atoms with Crippen molar-refractivity contribution in [2.75, 3.05) is 31.6 Å². The molecule has 0 aliphatic carbocycles. The van der Waals surface area contributed by atoms with Crippen molar-refractivity contribution < 1.29 is 0 Å². The van der Waals surface area contributed by atoms with Crippen LogP contribution < -0.4 is 10.5 Å². The lowest BCUT2D eigenvalue weighted by Gasteiger charge is -2.21. The third kappa shape index (κ3) is 4.73. The highest BCUT2D eigenvalue weighted by Gasteiger charge is 2.24. The molecule has 1 aromatic heterocycles. The van der Waals surface area contributed by atoms with Crippen LogP contribution in [0.4, 0.5) is 5.69 Å². The molecule has 5 heteroatoms. The van der Waals surface area contributed by atoms with Crippen LogP contribution in [0.25, 0.3) is 0 Å². The topological polar surface area (TPSA) is 41.4 Å². The first-order chi connectivity index (χ1) is 12.5. The molecule has 1 aliphatic rings. The van der Waals surface area contributed by atoms with Crippen LogP contribution in [0.5, 0.6) is 0 Å². The molecule has 0 radical (unpaired) electrons. The molecule has 1 aromatic carbocycles. The number of benzene rings is 1. The van der Waals surface area contributed by atoms with Crippen molar-refractivity contribution in [2.45, 2.75) is 39.3 Å². The Labute approximate surface area is 156 Å². The third-order valence-electron chi connectivity index (χ3n) is 5.35. The minimum atomic E-state index is -0.00272. The van der Waals surface area contributed by atoms with Crippen molar-refractivity contribution in [3.63, 3.8) is 0 Å². The highest BCUT2D eigenvalue weighted by atomic mass is 16.1. The summed E-state index contributed by atoms with van der Waals surface area (Å²) in [7, 11) is 2.02. The second-order valence-electron chi connectivity index (χ2n) is 7.63. The maximum Gasteiger partial charge on any atom is 0.268 e. The van der Waals surface area contributed by atoms with E-state index >= 15 is 0 Å². The lowest BCUT2D eigenvalue weighted by atomic mass is 10.1. The molecule has 0 amide bonds. The predicted octanol–water partition coefficient (Wildman–Crippen LogP) is 2.65. The molecule has 0 unspecified atom stereocenters. The van der Waals surface area contributed by atoms with Gasteiger partial charge in [0.25, 0.3) is 5.56 Å². The van der Waals surface area contributed by atoms with Gasteiger partial charge in [0.15, 0.2) is 0 Å². The molecular weight excluding hydrogens is 324 g/mol. The van der Waals surface area contributed by atoms with E-state index < -0.39 is 0 Å². The van der Waals surface area contributed by atoms with Crippen molar-refractivity contribution in [1.82, 2.24) is 14.7 Å². The minimum Gasteiger partial charge on any atom is -0.373 e. The van der Waals surface area contributed by atoms with Crippen LogP contribution in [0.2, 0.25) is 0 Å². The number of nitrogens with zero attached hydrogens (tertiary/aromatic N) is 4. The van der Waals surface area contributed by atoms with E-state index in [2.05, 4.69) is 53.0 Å². The smallest absolute Gasteiger partial charge is 0.268 e. The molecule has 5 nitrogen and oxygen atoms in total. The Morgan fingerprint density at radius 1 is 1.27 bits per heavy atom.